The second kappa shape index (κ2) is 5.40. The molecule has 0 fully saturated rings. The van der Waals surface area contributed by atoms with Gasteiger partial charge in [0.1, 0.15) is 22.6 Å². The van der Waals surface area contributed by atoms with E-state index >= 15 is 0 Å². The molecule has 0 aromatic carbocycles. The highest BCUT2D eigenvalue weighted by Crippen LogP contribution is 2.20. The molecule has 2 heterocycles. The zero-order valence-electron chi connectivity index (χ0n) is 9.44. The fraction of sp³-hybridized carbons (Fsp3) is 0.100. The van der Waals surface area contributed by atoms with E-state index in [9.17, 15) is 14.9 Å². The van der Waals surface area contributed by atoms with Gasteiger partial charge in [0.25, 0.3) is 5.69 Å². The monoisotopic (exact) mass is 280 g/mol. The van der Waals surface area contributed by atoms with Crippen LogP contribution in [0, 0.1) is 10.1 Å². The number of carbonyl (C=O) groups is 1. The highest BCUT2D eigenvalue weighted by atomic mass is 32.1. The fourth-order valence-electron chi connectivity index (χ4n) is 1.36. The highest BCUT2D eigenvalue weighted by Gasteiger charge is 2.17. The van der Waals surface area contributed by atoms with Gasteiger partial charge in [-0.2, -0.15) is 0 Å². The number of hydrogen-bond donors (Lipinski definition) is 2. The van der Waals surface area contributed by atoms with Gasteiger partial charge >= 0.3 is 5.97 Å². The van der Waals surface area contributed by atoms with Crippen LogP contribution in [0.3, 0.4) is 0 Å². The van der Waals surface area contributed by atoms with E-state index < -0.39 is 10.9 Å². The van der Waals surface area contributed by atoms with Gasteiger partial charge in [-0.1, -0.05) is 0 Å². The van der Waals surface area contributed by atoms with Gasteiger partial charge in [0.2, 0.25) is 0 Å². The molecule has 0 aliphatic carbocycles. The fourth-order valence-corrected chi connectivity index (χ4v) is 1.91. The molecular weight excluding hydrogens is 272 g/mol. The molecule has 2 rings (SSSR count). The van der Waals surface area contributed by atoms with Gasteiger partial charge in [0.15, 0.2) is 0 Å². The number of anilines is 1. The van der Waals surface area contributed by atoms with Gasteiger partial charge in [-0.25, -0.2) is 14.8 Å². The molecule has 0 bridgehead atoms. The van der Waals surface area contributed by atoms with Crippen LogP contribution in [0.5, 0.6) is 0 Å². The van der Waals surface area contributed by atoms with Crippen molar-refractivity contribution < 1.29 is 14.8 Å². The van der Waals surface area contributed by atoms with E-state index in [0.29, 0.717) is 6.54 Å². The highest BCUT2D eigenvalue weighted by molar-refractivity contribution is 7.09. The number of thiazole rings is 1. The largest absolute Gasteiger partial charge is 0.478 e. The van der Waals surface area contributed by atoms with Crippen LogP contribution >= 0.6 is 11.3 Å². The normalized spacial score (nSPS) is 10.1. The summed E-state index contributed by atoms with van der Waals surface area (Å²) in [5.74, 6) is -1.20. The Balaban J connectivity index is 2.24. The first kappa shape index (κ1) is 12.9. The summed E-state index contributed by atoms with van der Waals surface area (Å²) >= 11 is 1.41. The van der Waals surface area contributed by atoms with E-state index in [1.807, 2.05) is 0 Å². The topological polar surface area (TPSA) is 118 Å². The van der Waals surface area contributed by atoms with Crippen molar-refractivity contribution in [3.63, 3.8) is 0 Å². The number of nitrogens with zero attached hydrogens (tertiary/aromatic N) is 3. The number of aromatic carboxylic acids is 1. The second-order valence-electron chi connectivity index (χ2n) is 3.43. The molecule has 0 saturated heterocycles. The van der Waals surface area contributed by atoms with Gasteiger partial charge in [-0.3, -0.25) is 10.1 Å². The molecule has 0 atom stereocenters. The van der Waals surface area contributed by atoms with Crippen molar-refractivity contribution in [3.8, 4) is 0 Å². The molecule has 0 unspecified atom stereocenters. The molecule has 19 heavy (non-hydrogen) atoms. The van der Waals surface area contributed by atoms with Gasteiger partial charge in [0.05, 0.1) is 11.5 Å². The lowest BCUT2D eigenvalue weighted by Crippen LogP contribution is -2.09. The predicted octanol–water partition coefficient (Wildman–Crippen LogP) is 1.76. The number of nitrogens with one attached hydrogen (secondary N) is 1. The van der Waals surface area contributed by atoms with Crippen molar-refractivity contribution in [2.24, 2.45) is 0 Å². The summed E-state index contributed by atoms with van der Waals surface area (Å²) in [5.41, 5.74) is -0.608. The Hall–Kier alpha value is -2.55. The molecule has 0 amide bonds. The van der Waals surface area contributed by atoms with Gasteiger partial charge < -0.3 is 10.4 Å². The zero-order valence-corrected chi connectivity index (χ0v) is 10.3. The van der Waals surface area contributed by atoms with Crippen LogP contribution in [0.25, 0.3) is 0 Å². The number of carboxylic acids is 1. The van der Waals surface area contributed by atoms with Crippen molar-refractivity contribution in [2.75, 3.05) is 5.32 Å². The van der Waals surface area contributed by atoms with Gasteiger partial charge in [-0.15, -0.1) is 11.3 Å². The summed E-state index contributed by atoms with van der Waals surface area (Å²) in [4.78, 5) is 28.7. The average molecular weight is 280 g/mol. The molecule has 98 valence electrons. The predicted molar refractivity (Wildman–Crippen MR) is 67.3 cm³/mol. The average Bonchev–Trinajstić information content (AvgIpc) is 2.89. The van der Waals surface area contributed by atoms with Crippen LogP contribution in [0.1, 0.15) is 15.4 Å². The molecule has 9 heteroatoms. The lowest BCUT2D eigenvalue weighted by molar-refractivity contribution is -0.385. The Morgan fingerprint density at radius 2 is 2.32 bits per heavy atom. The number of carboxylic acid groups (broad SMARTS) is 1. The van der Waals surface area contributed by atoms with E-state index in [0.717, 1.165) is 17.3 Å². The minimum atomic E-state index is -1.28. The smallest absolute Gasteiger partial charge is 0.339 e. The van der Waals surface area contributed by atoms with Crippen LogP contribution in [0.2, 0.25) is 0 Å². The summed E-state index contributed by atoms with van der Waals surface area (Å²) < 4.78 is 0. The van der Waals surface area contributed by atoms with Crippen LogP contribution in [-0.2, 0) is 6.54 Å². The molecule has 0 radical (unpaired) electrons. The Morgan fingerprint density at radius 3 is 2.89 bits per heavy atom. The molecule has 2 N–H and O–H groups in total. The summed E-state index contributed by atoms with van der Waals surface area (Å²) in [6.45, 7) is 0.308. The summed E-state index contributed by atoms with van der Waals surface area (Å²) in [6.07, 6.45) is 2.64. The third-order valence-electron chi connectivity index (χ3n) is 2.21. The molecule has 8 nitrogen and oxygen atoms in total. The first-order valence-corrected chi connectivity index (χ1v) is 5.96. The maximum Gasteiger partial charge on any atom is 0.339 e. The molecule has 2 aromatic heterocycles. The lowest BCUT2D eigenvalue weighted by Gasteiger charge is -2.06. The molecule has 2 aromatic rings. The van der Waals surface area contributed by atoms with Crippen molar-refractivity contribution >= 4 is 28.8 Å². The Kier molecular flexibility index (Phi) is 3.66. The van der Waals surface area contributed by atoms with E-state index in [1.54, 1.807) is 11.6 Å². The summed E-state index contributed by atoms with van der Waals surface area (Å²) in [6, 6.07) is 0.972. The van der Waals surface area contributed by atoms with Crippen LogP contribution < -0.4 is 5.32 Å². The number of rotatable bonds is 5. The third kappa shape index (κ3) is 3.01. The minimum Gasteiger partial charge on any atom is -0.478 e. The van der Waals surface area contributed by atoms with Crippen molar-refractivity contribution in [1.82, 2.24) is 9.97 Å². The standard InChI is InChI=1S/C10H8N4O4S/c15-10(16)7-3-6(14(17)18)4-12-9(7)13-5-8-11-1-2-19-8/h1-4H,5H2,(H,12,13)(H,15,16). The van der Waals surface area contributed by atoms with E-state index in [4.69, 9.17) is 5.11 Å². The van der Waals surface area contributed by atoms with Gasteiger partial charge in [-0.05, 0) is 0 Å². The van der Waals surface area contributed by atoms with Crippen molar-refractivity contribution in [3.05, 3.63) is 44.5 Å². The second-order valence-corrected chi connectivity index (χ2v) is 4.41. The lowest BCUT2D eigenvalue weighted by atomic mass is 10.2. The van der Waals surface area contributed by atoms with Crippen molar-refractivity contribution in [2.45, 2.75) is 6.54 Å². The molecule has 0 saturated carbocycles. The SMILES string of the molecule is O=C(O)c1cc([N+](=O)[O-])cnc1NCc1nccs1. The molecule has 0 aliphatic rings. The first-order chi connectivity index (χ1) is 9.08. The van der Waals surface area contributed by atoms with Crippen LogP contribution in [-0.4, -0.2) is 26.0 Å². The summed E-state index contributed by atoms with van der Waals surface area (Å²) in [5, 5.41) is 24.9. The minimum absolute atomic E-state index is 0.0771. The first-order valence-electron chi connectivity index (χ1n) is 5.08. The molecule has 0 aliphatic heterocycles. The Morgan fingerprint density at radius 1 is 1.53 bits per heavy atom. The van der Waals surface area contributed by atoms with Crippen LogP contribution in [0.4, 0.5) is 11.5 Å². The number of aromatic nitrogens is 2. The maximum absolute atomic E-state index is 11.0. The van der Waals surface area contributed by atoms with Crippen molar-refractivity contribution in [1.29, 1.82) is 0 Å². The molecular formula is C10H8N4O4S. The zero-order chi connectivity index (χ0) is 13.8. The molecule has 0 spiro atoms. The number of pyridine rings is 1. The van der Waals surface area contributed by atoms with Gasteiger partial charge in [0, 0.05) is 17.6 Å². The van der Waals surface area contributed by atoms with E-state index in [-0.39, 0.29) is 17.1 Å². The van der Waals surface area contributed by atoms with E-state index in [2.05, 4.69) is 15.3 Å². The van der Waals surface area contributed by atoms with Crippen LogP contribution in [0.15, 0.2) is 23.8 Å². The number of hydrogen-bond acceptors (Lipinski definition) is 7. The Bertz CT molecular complexity index is 614. The Labute approximate surface area is 110 Å². The quantitative estimate of drug-likeness (QED) is 0.632. The summed E-state index contributed by atoms with van der Waals surface area (Å²) in [7, 11) is 0. The third-order valence-corrected chi connectivity index (χ3v) is 2.98. The maximum atomic E-state index is 11.0. The van der Waals surface area contributed by atoms with E-state index in [1.165, 1.54) is 11.3 Å². The number of nitro groups is 1.